The Kier molecular flexibility index (Phi) is 5.00. The molecule has 0 saturated carbocycles. The molecule has 0 radical (unpaired) electrons. The third-order valence-electron chi connectivity index (χ3n) is 3.04. The Morgan fingerprint density at radius 3 is 1.29 bits per heavy atom. The van der Waals surface area contributed by atoms with Crippen LogP contribution in [0.3, 0.4) is 0 Å². The molecule has 3 heteroatoms. The van der Waals surface area contributed by atoms with E-state index < -0.39 is 0 Å². The molecule has 0 aromatic heterocycles. The van der Waals surface area contributed by atoms with E-state index in [9.17, 15) is 0 Å². The lowest BCUT2D eigenvalue weighted by atomic mass is 10.3. The Hall–Kier alpha value is -1.68. The molecule has 3 aromatic carbocycles. The summed E-state index contributed by atoms with van der Waals surface area (Å²) in [6, 6.07) is 32.0. The average Bonchev–Trinajstić information content (AvgIpc) is 2.57. The van der Waals surface area contributed by atoms with E-state index in [2.05, 4.69) is 95.4 Å². The zero-order valence-corrected chi connectivity index (χ0v) is 13.6. The van der Waals surface area contributed by atoms with Crippen LogP contribution in [-0.2, 0) is 0 Å². The van der Waals surface area contributed by atoms with Crippen molar-refractivity contribution in [1.82, 2.24) is 0 Å². The van der Waals surface area contributed by atoms with Crippen LogP contribution in [0.15, 0.2) is 91.0 Å². The van der Waals surface area contributed by atoms with Gasteiger partial charge in [0, 0.05) is 23.2 Å². The second-order valence-corrected chi connectivity index (χ2v) is 7.57. The maximum absolute atomic E-state index is 2.46. The molecule has 0 N–H and O–H groups in total. The number of hydrogen-bond acceptors (Lipinski definition) is 1. The minimum atomic E-state index is 0.644. The number of anilines is 1. The summed E-state index contributed by atoms with van der Waals surface area (Å²) in [5, 5.41) is 2.73. The van der Waals surface area contributed by atoms with E-state index in [4.69, 9.17) is 0 Å². The highest BCUT2D eigenvalue weighted by molar-refractivity contribution is 7.67. The third kappa shape index (κ3) is 4.14. The van der Waals surface area contributed by atoms with Crippen molar-refractivity contribution in [3.05, 3.63) is 91.0 Å². The van der Waals surface area contributed by atoms with Gasteiger partial charge in [0.25, 0.3) is 0 Å². The van der Waals surface area contributed by atoms with E-state index >= 15 is 0 Å². The molecular formula is C18H17NP2. The minimum absolute atomic E-state index is 0.644. The first-order chi connectivity index (χ1) is 10.4. The first-order valence-corrected chi connectivity index (χ1v) is 8.80. The smallest absolute Gasteiger partial charge is 0.0435 e. The molecule has 0 aliphatic rings. The molecule has 1 nitrogen and oxygen atoms in total. The van der Waals surface area contributed by atoms with Gasteiger partial charge in [-0.25, -0.2) is 0 Å². The summed E-state index contributed by atoms with van der Waals surface area (Å²) < 4.78 is 2.46. The Balaban J connectivity index is 1.84. The second-order valence-electron chi connectivity index (χ2n) is 4.63. The molecule has 0 fully saturated rings. The maximum atomic E-state index is 2.46. The quantitative estimate of drug-likeness (QED) is 0.634. The largest absolute Gasteiger partial charge is 0.326 e. The molecule has 0 bridgehead atoms. The Labute approximate surface area is 129 Å². The van der Waals surface area contributed by atoms with Crippen LogP contribution in [0.5, 0.6) is 0 Å². The lowest BCUT2D eigenvalue weighted by Crippen LogP contribution is -2.10. The molecule has 2 unspecified atom stereocenters. The zero-order valence-electron chi connectivity index (χ0n) is 11.6. The van der Waals surface area contributed by atoms with Crippen molar-refractivity contribution in [3.8, 4) is 0 Å². The second kappa shape index (κ2) is 7.36. The van der Waals surface area contributed by atoms with Crippen molar-refractivity contribution < 1.29 is 0 Å². The first kappa shape index (κ1) is 14.3. The topological polar surface area (TPSA) is 3.24 Å². The average molecular weight is 309 g/mol. The fraction of sp³-hybridized carbons (Fsp3) is 0. The number of rotatable bonds is 5. The normalized spacial score (nSPS) is 11.4. The fourth-order valence-corrected chi connectivity index (χ4v) is 4.77. The van der Waals surface area contributed by atoms with Crippen LogP contribution in [0, 0.1) is 0 Å². The van der Waals surface area contributed by atoms with E-state index in [0.29, 0.717) is 17.5 Å². The third-order valence-corrected chi connectivity index (χ3v) is 5.86. The van der Waals surface area contributed by atoms with Gasteiger partial charge in [-0.05, 0) is 22.7 Å². The van der Waals surface area contributed by atoms with Crippen molar-refractivity contribution >= 4 is 33.8 Å². The fourth-order valence-electron chi connectivity index (χ4n) is 2.02. The Morgan fingerprint density at radius 1 is 0.476 bits per heavy atom. The lowest BCUT2D eigenvalue weighted by molar-refractivity contribution is 1.59. The minimum Gasteiger partial charge on any atom is -0.326 e. The van der Waals surface area contributed by atoms with Crippen molar-refractivity contribution in [2.75, 3.05) is 4.44 Å². The highest BCUT2D eigenvalue weighted by Gasteiger charge is 2.08. The van der Waals surface area contributed by atoms with E-state index in [-0.39, 0.29) is 0 Å². The van der Waals surface area contributed by atoms with Crippen LogP contribution < -0.4 is 15.1 Å². The molecule has 0 saturated heterocycles. The van der Waals surface area contributed by atoms with Gasteiger partial charge >= 0.3 is 0 Å². The van der Waals surface area contributed by atoms with Crippen LogP contribution in [0.4, 0.5) is 5.69 Å². The Morgan fingerprint density at radius 2 is 0.857 bits per heavy atom. The summed E-state index contributed by atoms with van der Waals surface area (Å²) in [5.74, 6) is 0. The first-order valence-electron chi connectivity index (χ1n) is 6.90. The molecule has 21 heavy (non-hydrogen) atoms. The summed E-state index contributed by atoms with van der Waals surface area (Å²) in [6.07, 6.45) is 0. The van der Waals surface area contributed by atoms with E-state index in [0.717, 1.165) is 0 Å². The molecular weight excluding hydrogens is 292 g/mol. The van der Waals surface area contributed by atoms with Gasteiger partial charge in [0.15, 0.2) is 0 Å². The number of benzene rings is 3. The monoisotopic (exact) mass is 309 g/mol. The highest BCUT2D eigenvalue weighted by atomic mass is 31.1. The maximum Gasteiger partial charge on any atom is 0.0435 e. The summed E-state index contributed by atoms with van der Waals surface area (Å²) in [6.45, 7) is 0. The van der Waals surface area contributed by atoms with Gasteiger partial charge in [-0.15, -0.1) is 0 Å². The molecule has 0 aliphatic carbocycles. The van der Waals surface area contributed by atoms with Crippen molar-refractivity contribution in [3.63, 3.8) is 0 Å². The lowest BCUT2D eigenvalue weighted by Gasteiger charge is -2.24. The van der Waals surface area contributed by atoms with Crippen molar-refractivity contribution in [1.29, 1.82) is 0 Å². The van der Waals surface area contributed by atoms with Gasteiger partial charge < -0.3 is 4.44 Å². The molecule has 0 heterocycles. The van der Waals surface area contributed by atoms with Crippen LogP contribution >= 0.6 is 17.5 Å². The van der Waals surface area contributed by atoms with E-state index in [1.54, 1.807) is 0 Å². The van der Waals surface area contributed by atoms with Gasteiger partial charge in [-0.2, -0.15) is 0 Å². The molecule has 3 rings (SSSR count). The molecule has 3 aromatic rings. The van der Waals surface area contributed by atoms with Gasteiger partial charge in [0.2, 0.25) is 0 Å². The summed E-state index contributed by atoms with van der Waals surface area (Å²) in [4.78, 5) is 0. The molecule has 2 atom stereocenters. The van der Waals surface area contributed by atoms with Gasteiger partial charge in [-0.3, -0.25) is 0 Å². The zero-order chi connectivity index (χ0) is 14.3. The van der Waals surface area contributed by atoms with Crippen LogP contribution in [0.2, 0.25) is 0 Å². The van der Waals surface area contributed by atoms with Crippen LogP contribution in [0.25, 0.3) is 0 Å². The standard InChI is InChI=1S/C18H17NP2/c1-4-10-16(11-5-1)19(20-17-12-6-2-7-13-17)21-18-14-8-3-9-15-18/h1-15,20-21H. The van der Waals surface area contributed by atoms with Crippen LogP contribution in [0.1, 0.15) is 0 Å². The Bertz CT molecular complexity index is 615. The summed E-state index contributed by atoms with van der Waals surface area (Å²) in [5.41, 5.74) is 1.28. The van der Waals surface area contributed by atoms with E-state index in [1.165, 1.54) is 16.3 Å². The van der Waals surface area contributed by atoms with E-state index in [1.807, 2.05) is 0 Å². The summed E-state index contributed by atoms with van der Waals surface area (Å²) >= 11 is 0. The van der Waals surface area contributed by atoms with Gasteiger partial charge in [-0.1, -0.05) is 78.9 Å². The number of hydrogen-bond donors (Lipinski definition) is 0. The van der Waals surface area contributed by atoms with Crippen molar-refractivity contribution in [2.45, 2.75) is 0 Å². The number of nitrogens with zero attached hydrogens (tertiary/aromatic N) is 1. The number of para-hydroxylation sites is 1. The summed E-state index contributed by atoms with van der Waals surface area (Å²) in [7, 11) is 1.29. The molecule has 0 spiro atoms. The highest BCUT2D eigenvalue weighted by Crippen LogP contribution is 2.37. The predicted octanol–water partition coefficient (Wildman–Crippen LogP) is 4.33. The van der Waals surface area contributed by atoms with Crippen molar-refractivity contribution in [2.24, 2.45) is 0 Å². The van der Waals surface area contributed by atoms with Gasteiger partial charge in [0.05, 0.1) is 0 Å². The van der Waals surface area contributed by atoms with Gasteiger partial charge in [0.1, 0.15) is 0 Å². The molecule has 0 aliphatic heterocycles. The molecule has 0 amide bonds. The predicted molar refractivity (Wildman–Crippen MR) is 97.7 cm³/mol. The SMILES string of the molecule is c1ccc(PN(Pc2ccccc2)c2ccccc2)cc1. The molecule has 104 valence electrons. The van der Waals surface area contributed by atoms with Crippen LogP contribution in [-0.4, -0.2) is 0 Å².